The molecule has 26 heavy (non-hydrogen) atoms. The van der Waals surface area contributed by atoms with E-state index >= 15 is 0 Å². The third kappa shape index (κ3) is 2.24. The summed E-state index contributed by atoms with van der Waals surface area (Å²) in [6.45, 7) is 11.0. The fourth-order valence-corrected chi connectivity index (χ4v) is 4.62. The lowest BCUT2D eigenvalue weighted by atomic mass is 9.58. The van der Waals surface area contributed by atoms with Crippen LogP contribution in [0.3, 0.4) is 0 Å². The zero-order chi connectivity index (χ0) is 19.5. The first kappa shape index (κ1) is 18.3. The Kier molecular flexibility index (Phi) is 4.05. The Morgan fingerprint density at radius 1 is 1.19 bits per heavy atom. The number of rotatable bonds is 2. The summed E-state index contributed by atoms with van der Waals surface area (Å²) in [5, 5.41) is 32.1. The van der Waals surface area contributed by atoms with Crippen LogP contribution in [-0.2, 0) is 14.9 Å². The highest BCUT2D eigenvalue weighted by atomic mass is 16.5. The Labute approximate surface area is 152 Å². The summed E-state index contributed by atoms with van der Waals surface area (Å²) in [6, 6.07) is 0. The summed E-state index contributed by atoms with van der Waals surface area (Å²) in [6.07, 6.45) is -0.737. The molecule has 140 valence electrons. The molecule has 1 aromatic carbocycles. The number of ether oxygens (including phenoxy) is 1. The van der Waals surface area contributed by atoms with E-state index in [0.717, 1.165) is 0 Å². The van der Waals surface area contributed by atoms with Crippen LogP contribution in [0.2, 0.25) is 0 Å². The minimum atomic E-state index is -1.10. The fourth-order valence-electron chi connectivity index (χ4n) is 4.62. The molecule has 1 aliphatic heterocycles. The van der Waals surface area contributed by atoms with Gasteiger partial charge in [0.15, 0.2) is 17.6 Å². The Balaban J connectivity index is 2.45. The second kappa shape index (κ2) is 5.76. The number of carbonyl (C=O) groups excluding carboxylic acids is 2. The Morgan fingerprint density at radius 2 is 1.81 bits per heavy atom. The van der Waals surface area contributed by atoms with Gasteiger partial charge in [-0.1, -0.05) is 32.9 Å². The Bertz CT molecular complexity index is 837. The predicted molar refractivity (Wildman–Crippen MR) is 94.6 cm³/mol. The first-order chi connectivity index (χ1) is 12.0. The van der Waals surface area contributed by atoms with Gasteiger partial charge in [0.05, 0.1) is 5.56 Å². The van der Waals surface area contributed by atoms with Gasteiger partial charge in [-0.3, -0.25) is 9.59 Å². The average Bonchev–Trinajstić information content (AvgIpc) is 2.64. The molecule has 3 atom stereocenters. The maximum absolute atomic E-state index is 13.2. The first-order valence-electron chi connectivity index (χ1n) is 8.72. The SMILES string of the molecule is C=C(C)[C@@H]1[C@H]2OC(=O)CC[C@]1(C)c1c(O)c(O)c(C(C)C)c(O)c1C2=O. The van der Waals surface area contributed by atoms with E-state index in [2.05, 4.69) is 6.58 Å². The molecule has 0 amide bonds. The maximum atomic E-state index is 13.2. The number of ketones is 1. The van der Waals surface area contributed by atoms with Crippen molar-refractivity contribution in [3.05, 3.63) is 28.8 Å². The second-order valence-corrected chi connectivity index (χ2v) is 7.88. The third-order valence-corrected chi connectivity index (χ3v) is 5.74. The number of aromatic hydroxyl groups is 3. The normalized spacial score (nSPS) is 27.7. The third-order valence-electron chi connectivity index (χ3n) is 5.74. The summed E-state index contributed by atoms with van der Waals surface area (Å²) in [4.78, 5) is 25.2. The van der Waals surface area contributed by atoms with Gasteiger partial charge in [0.2, 0.25) is 5.78 Å². The number of Topliss-reactive ketones (excluding diaryl/α,β-unsaturated/α-hetero) is 1. The van der Waals surface area contributed by atoms with E-state index in [1.807, 2.05) is 0 Å². The van der Waals surface area contributed by atoms with E-state index in [1.165, 1.54) is 0 Å². The molecule has 1 fully saturated rings. The highest BCUT2D eigenvalue weighted by Crippen LogP contribution is 2.58. The van der Waals surface area contributed by atoms with Crippen molar-refractivity contribution in [2.24, 2.45) is 5.92 Å². The summed E-state index contributed by atoms with van der Waals surface area (Å²) < 4.78 is 5.41. The van der Waals surface area contributed by atoms with Crippen molar-refractivity contribution in [3.8, 4) is 17.2 Å². The van der Waals surface area contributed by atoms with Gasteiger partial charge in [0.1, 0.15) is 5.75 Å². The molecule has 3 N–H and O–H groups in total. The van der Waals surface area contributed by atoms with Gasteiger partial charge in [-0.05, 0) is 19.3 Å². The van der Waals surface area contributed by atoms with Crippen molar-refractivity contribution in [1.29, 1.82) is 0 Å². The number of hydrogen-bond acceptors (Lipinski definition) is 6. The molecule has 2 bridgehead atoms. The number of hydrogen-bond donors (Lipinski definition) is 3. The van der Waals surface area contributed by atoms with Gasteiger partial charge < -0.3 is 20.1 Å². The number of esters is 1. The van der Waals surface area contributed by atoms with Crippen molar-refractivity contribution >= 4 is 11.8 Å². The van der Waals surface area contributed by atoms with Crippen LogP contribution >= 0.6 is 0 Å². The molecule has 0 unspecified atom stereocenters. The predicted octanol–water partition coefficient (Wildman–Crippen LogP) is 3.28. The van der Waals surface area contributed by atoms with Crippen molar-refractivity contribution in [3.63, 3.8) is 0 Å². The molecule has 0 aromatic heterocycles. The Hall–Kier alpha value is -2.50. The lowest BCUT2D eigenvalue weighted by Crippen LogP contribution is -2.49. The lowest BCUT2D eigenvalue weighted by Gasteiger charge is -2.45. The van der Waals surface area contributed by atoms with Crippen LogP contribution in [0.5, 0.6) is 17.2 Å². The minimum Gasteiger partial charge on any atom is -0.507 e. The van der Waals surface area contributed by atoms with Crippen LogP contribution in [0.1, 0.15) is 67.9 Å². The largest absolute Gasteiger partial charge is 0.507 e. The van der Waals surface area contributed by atoms with Crippen LogP contribution in [0.4, 0.5) is 0 Å². The highest BCUT2D eigenvalue weighted by Gasteiger charge is 2.56. The van der Waals surface area contributed by atoms with Crippen molar-refractivity contribution < 1.29 is 29.6 Å². The maximum Gasteiger partial charge on any atom is 0.306 e. The van der Waals surface area contributed by atoms with Gasteiger partial charge in [-0.25, -0.2) is 0 Å². The van der Waals surface area contributed by atoms with E-state index in [-0.39, 0.29) is 34.8 Å². The zero-order valence-electron chi connectivity index (χ0n) is 15.4. The average molecular weight is 360 g/mol. The van der Waals surface area contributed by atoms with Crippen molar-refractivity contribution in [2.75, 3.05) is 0 Å². The quantitative estimate of drug-likeness (QED) is 0.324. The van der Waals surface area contributed by atoms with Crippen molar-refractivity contribution in [1.82, 2.24) is 0 Å². The van der Waals surface area contributed by atoms with Crippen LogP contribution in [0.25, 0.3) is 0 Å². The van der Waals surface area contributed by atoms with E-state index in [0.29, 0.717) is 12.0 Å². The molecule has 2 aliphatic rings. The Morgan fingerprint density at radius 3 is 2.35 bits per heavy atom. The zero-order valence-corrected chi connectivity index (χ0v) is 15.4. The van der Waals surface area contributed by atoms with E-state index in [1.54, 1.807) is 27.7 Å². The molecular formula is C20H24O6. The molecule has 6 nitrogen and oxygen atoms in total. The monoisotopic (exact) mass is 360 g/mol. The number of fused-ring (bicyclic) bond motifs is 4. The topological polar surface area (TPSA) is 104 Å². The summed E-state index contributed by atoms with van der Waals surface area (Å²) in [7, 11) is 0. The molecule has 0 radical (unpaired) electrons. The van der Waals surface area contributed by atoms with Gasteiger partial charge in [0, 0.05) is 28.9 Å². The van der Waals surface area contributed by atoms with E-state index in [4.69, 9.17) is 4.74 Å². The molecule has 3 rings (SSSR count). The first-order valence-corrected chi connectivity index (χ1v) is 8.72. The molecule has 1 heterocycles. The molecule has 1 saturated heterocycles. The number of phenols is 3. The van der Waals surface area contributed by atoms with Gasteiger partial charge in [-0.2, -0.15) is 0 Å². The molecule has 6 heteroatoms. The van der Waals surface area contributed by atoms with Crippen LogP contribution in [-0.4, -0.2) is 33.2 Å². The smallest absolute Gasteiger partial charge is 0.306 e. The number of phenolic OH excluding ortho intramolecular Hbond substituents is 3. The van der Waals surface area contributed by atoms with Gasteiger partial charge in [-0.15, -0.1) is 0 Å². The van der Waals surface area contributed by atoms with Gasteiger partial charge in [0.25, 0.3) is 0 Å². The molecular weight excluding hydrogens is 336 g/mol. The lowest BCUT2D eigenvalue weighted by molar-refractivity contribution is -0.147. The van der Waals surface area contributed by atoms with Crippen LogP contribution in [0.15, 0.2) is 12.2 Å². The fraction of sp³-hybridized carbons (Fsp3) is 0.500. The van der Waals surface area contributed by atoms with Crippen molar-refractivity contribution in [2.45, 2.75) is 58.0 Å². The molecule has 0 spiro atoms. The molecule has 1 aliphatic carbocycles. The second-order valence-electron chi connectivity index (χ2n) is 7.88. The summed E-state index contributed by atoms with van der Waals surface area (Å²) in [5.41, 5.74) is -0.0406. The molecule has 0 saturated carbocycles. The van der Waals surface area contributed by atoms with Gasteiger partial charge >= 0.3 is 5.97 Å². The molecule has 1 aromatic rings. The van der Waals surface area contributed by atoms with Crippen LogP contribution < -0.4 is 0 Å². The van der Waals surface area contributed by atoms with E-state index in [9.17, 15) is 24.9 Å². The summed E-state index contributed by atoms with van der Waals surface area (Å²) >= 11 is 0. The van der Waals surface area contributed by atoms with Crippen LogP contribution in [0, 0.1) is 5.92 Å². The minimum absolute atomic E-state index is 0.0659. The summed E-state index contributed by atoms with van der Waals surface area (Å²) in [5.74, 6) is -3.16. The standard InChI is InChI=1S/C20H24O6/c1-8(2)11-15(22)12-14(18(25)16(11)23)20(5)7-6-10(21)26-19(17(12)24)13(20)9(3)4/h8,13,19,22-23,25H,3,6-7H2,1-2,4-5H3/t13-,19-,20+/m1/s1. The number of carbonyl (C=O) groups is 2. The van der Waals surface area contributed by atoms with E-state index < -0.39 is 40.7 Å². The highest BCUT2D eigenvalue weighted by molar-refractivity contribution is 6.08. The number of benzene rings is 1.